The minimum atomic E-state index is -0.227. The topological polar surface area (TPSA) is 119 Å². The molecular weight excluding hydrogens is 292 g/mol. The van der Waals surface area contributed by atoms with Crippen LogP contribution in [0.1, 0.15) is 34.8 Å². The van der Waals surface area contributed by atoms with Crippen LogP contribution in [0.2, 0.25) is 0 Å². The Kier molecular flexibility index (Phi) is 4.00. The van der Waals surface area contributed by atoms with Gasteiger partial charge in [-0.25, -0.2) is 4.98 Å². The van der Waals surface area contributed by atoms with Gasteiger partial charge in [-0.15, -0.1) is 0 Å². The maximum Gasteiger partial charge on any atom is 0.265 e. The Hall–Kier alpha value is -2.16. The number of carbonyl (C=O) groups is 1. The predicted octanol–water partition coefficient (Wildman–Crippen LogP) is 1.05. The van der Waals surface area contributed by atoms with Gasteiger partial charge < -0.3 is 20.9 Å². The van der Waals surface area contributed by atoms with Crippen LogP contribution in [0.25, 0.3) is 0 Å². The number of anilines is 2. The van der Waals surface area contributed by atoms with Crippen molar-refractivity contribution in [2.45, 2.75) is 31.7 Å². The van der Waals surface area contributed by atoms with E-state index in [9.17, 15) is 4.79 Å². The molecule has 3 rings (SSSR count). The number of nitrogens with two attached hydrogens (primary N) is 1. The molecule has 0 radical (unpaired) electrons. The average molecular weight is 308 g/mol. The predicted molar refractivity (Wildman–Crippen MR) is 78.1 cm³/mol. The smallest absolute Gasteiger partial charge is 0.265 e. The van der Waals surface area contributed by atoms with Gasteiger partial charge in [0.25, 0.3) is 5.91 Å². The highest BCUT2D eigenvalue weighted by atomic mass is 32.1. The van der Waals surface area contributed by atoms with E-state index in [1.165, 1.54) is 24.2 Å². The van der Waals surface area contributed by atoms with Gasteiger partial charge >= 0.3 is 0 Å². The molecule has 0 unspecified atom stereocenters. The van der Waals surface area contributed by atoms with Crippen LogP contribution >= 0.6 is 11.3 Å². The summed E-state index contributed by atoms with van der Waals surface area (Å²) in [7, 11) is 0. The number of hydrogen-bond donors (Lipinski definition) is 3. The van der Waals surface area contributed by atoms with Crippen molar-refractivity contribution in [2.75, 3.05) is 17.6 Å². The van der Waals surface area contributed by atoms with Gasteiger partial charge in [0.15, 0.2) is 11.0 Å². The molecule has 1 amide bonds. The van der Waals surface area contributed by atoms with Gasteiger partial charge in [-0.3, -0.25) is 4.79 Å². The maximum atomic E-state index is 12.1. The highest BCUT2D eigenvalue weighted by molar-refractivity contribution is 7.18. The van der Waals surface area contributed by atoms with E-state index >= 15 is 0 Å². The molecule has 1 aliphatic rings. The molecule has 0 atom stereocenters. The zero-order chi connectivity index (χ0) is 14.7. The van der Waals surface area contributed by atoms with E-state index in [1.807, 2.05) is 0 Å². The number of aromatic nitrogens is 3. The Morgan fingerprint density at radius 1 is 1.52 bits per heavy atom. The van der Waals surface area contributed by atoms with Crippen LogP contribution in [0.5, 0.6) is 0 Å². The summed E-state index contributed by atoms with van der Waals surface area (Å²) in [6, 6.07) is 0.463. The molecule has 21 heavy (non-hydrogen) atoms. The first-order chi connectivity index (χ1) is 10.2. The van der Waals surface area contributed by atoms with E-state index in [2.05, 4.69) is 30.3 Å². The molecule has 2 aromatic rings. The fraction of sp³-hybridized carbons (Fsp3) is 0.500. The number of carbonyl (C=O) groups excluding carboxylic acids is 1. The van der Waals surface area contributed by atoms with Gasteiger partial charge in [0.2, 0.25) is 6.39 Å². The van der Waals surface area contributed by atoms with Crippen molar-refractivity contribution in [2.24, 2.45) is 0 Å². The second-order valence-electron chi connectivity index (χ2n) is 4.86. The molecular formula is C12H16N6O2S. The van der Waals surface area contributed by atoms with Crippen molar-refractivity contribution in [3.05, 3.63) is 17.1 Å². The molecule has 0 saturated heterocycles. The highest BCUT2D eigenvalue weighted by Crippen LogP contribution is 2.29. The van der Waals surface area contributed by atoms with Crippen LogP contribution in [0.4, 0.5) is 10.9 Å². The van der Waals surface area contributed by atoms with Gasteiger partial charge in [0.05, 0.1) is 0 Å². The lowest BCUT2D eigenvalue weighted by molar-refractivity contribution is 0.0958. The van der Waals surface area contributed by atoms with E-state index < -0.39 is 0 Å². The van der Waals surface area contributed by atoms with E-state index in [0.717, 1.165) is 12.8 Å². The van der Waals surface area contributed by atoms with Crippen LogP contribution in [0, 0.1) is 0 Å². The number of nitrogens with one attached hydrogen (secondary N) is 2. The first-order valence-corrected chi connectivity index (χ1v) is 7.60. The molecule has 4 N–H and O–H groups in total. The lowest BCUT2D eigenvalue weighted by atomic mass is 9.93. The van der Waals surface area contributed by atoms with Crippen LogP contribution in [0.15, 0.2) is 10.9 Å². The second-order valence-corrected chi connectivity index (χ2v) is 5.86. The second kappa shape index (κ2) is 6.08. The first kappa shape index (κ1) is 13.8. The number of nitrogens with zero attached hydrogens (tertiary/aromatic N) is 3. The monoisotopic (exact) mass is 308 g/mol. The number of amides is 1. The number of hydrogen-bond acceptors (Lipinski definition) is 8. The third-order valence-corrected chi connectivity index (χ3v) is 4.33. The van der Waals surface area contributed by atoms with Crippen molar-refractivity contribution in [1.29, 1.82) is 0 Å². The minimum Gasteiger partial charge on any atom is -0.382 e. The van der Waals surface area contributed by atoms with Crippen molar-refractivity contribution in [1.82, 2.24) is 20.4 Å². The number of thiazole rings is 1. The maximum absolute atomic E-state index is 12.1. The fourth-order valence-corrected chi connectivity index (χ4v) is 2.83. The van der Waals surface area contributed by atoms with Gasteiger partial charge in [-0.2, -0.15) is 4.98 Å². The molecule has 0 bridgehead atoms. The molecule has 2 heterocycles. The molecule has 1 aliphatic carbocycles. The van der Waals surface area contributed by atoms with Crippen LogP contribution in [-0.4, -0.2) is 33.6 Å². The normalized spacial score (nSPS) is 14.7. The van der Waals surface area contributed by atoms with E-state index in [-0.39, 0.29) is 11.7 Å². The van der Waals surface area contributed by atoms with E-state index in [0.29, 0.717) is 34.8 Å². The zero-order valence-corrected chi connectivity index (χ0v) is 12.2. The zero-order valence-electron chi connectivity index (χ0n) is 11.3. The van der Waals surface area contributed by atoms with Crippen LogP contribution < -0.4 is 16.4 Å². The summed E-state index contributed by atoms with van der Waals surface area (Å²) < 4.78 is 4.62. The van der Waals surface area contributed by atoms with Crippen LogP contribution in [-0.2, 0) is 6.42 Å². The molecule has 1 fully saturated rings. The average Bonchev–Trinajstić information content (AvgIpc) is 3.03. The lowest BCUT2D eigenvalue weighted by Crippen LogP contribution is -2.26. The molecule has 0 aromatic carbocycles. The summed E-state index contributed by atoms with van der Waals surface area (Å²) in [5.74, 6) is 0.592. The molecule has 112 valence electrons. The Bertz CT molecular complexity index is 607. The van der Waals surface area contributed by atoms with Crippen LogP contribution in [0.3, 0.4) is 0 Å². The molecule has 9 heteroatoms. The summed E-state index contributed by atoms with van der Waals surface area (Å²) in [6.07, 6.45) is 5.30. The van der Waals surface area contributed by atoms with E-state index in [1.54, 1.807) is 0 Å². The van der Waals surface area contributed by atoms with Crippen molar-refractivity contribution < 1.29 is 9.32 Å². The van der Waals surface area contributed by atoms with Gasteiger partial charge in [0.1, 0.15) is 10.7 Å². The molecule has 0 spiro atoms. The highest BCUT2D eigenvalue weighted by Gasteiger charge is 2.21. The van der Waals surface area contributed by atoms with E-state index in [4.69, 9.17) is 5.73 Å². The summed E-state index contributed by atoms with van der Waals surface area (Å²) in [5, 5.41) is 10.4. The van der Waals surface area contributed by atoms with Crippen molar-refractivity contribution in [3.8, 4) is 0 Å². The van der Waals surface area contributed by atoms with Crippen molar-refractivity contribution >= 4 is 28.2 Å². The third kappa shape index (κ3) is 3.30. The number of nitrogen functional groups attached to an aromatic ring is 1. The third-order valence-electron chi connectivity index (χ3n) is 3.33. The SMILES string of the molecule is Nc1nc(NC2CCC2)sc1C(=O)NCCc1ncon1. The Balaban J connectivity index is 1.53. The summed E-state index contributed by atoms with van der Waals surface area (Å²) in [5.41, 5.74) is 5.80. The minimum absolute atomic E-state index is 0.227. The van der Waals surface area contributed by atoms with Gasteiger partial charge in [0, 0.05) is 19.0 Å². The Labute approximate surface area is 125 Å². The molecule has 8 nitrogen and oxygen atoms in total. The first-order valence-electron chi connectivity index (χ1n) is 6.78. The Morgan fingerprint density at radius 2 is 2.38 bits per heavy atom. The molecule has 1 saturated carbocycles. The van der Waals surface area contributed by atoms with Gasteiger partial charge in [-0.05, 0) is 19.3 Å². The Morgan fingerprint density at radius 3 is 3.05 bits per heavy atom. The lowest BCUT2D eigenvalue weighted by Gasteiger charge is -2.25. The van der Waals surface area contributed by atoms with Gasteiger partial charge in [-0.1, -0.05) is 16.5 Å². The largest absolute Gasteiger partial charge is 0.382 e. The summed E-state index contributed by atoms with van der Waals surface area (Å²) in [4.78, 5) is 20.6. The molecule has 0 aliphatic heterocycles. The van der Waals surface area contributed by atoms with Crippen molar-refractivity contribution in [3.63, 3.8) is 0 Å². The molecule has 2 aromatic heterocycles. The number of rotatable bonds is 6. The summed E-state index contributed by atoms with van der Waals surface area (Å²) >= 11 is 1.28. The fourth-order valence-electron chi connectivity index (χ4n) is 1.95. The summed E-state index contributed by atoms with van der Waals surface area (Å²) in [6.45, 7) is 0.418. The quantitative estimate of drug-likeness (QED) is 0.729. The standard InChI is InChI=1S/C12H16N6O2S/c13-10-9(21-12(17-10)16-7-2-1-3-7)11(19)14-5-4-8-15-6-20-18-8/h6-7H,1-5,13H2,(H,14,19)(H,16,17).